The van der Waals surface area contributed by atoms with Crippen LogP contribution in [0.25, 0.3) is 16.8 Å². The zero-order valence-corrected chi connectivity index (χ0v) is 19.4. The number of aliphatic hydroxyl groups excluding tert-OH is 2. The zero-order valence-electron chi connectivity index (χ0n) is 19.4. The first-order chi connectivity index (χ1) is 16.0. The fourth-order valence-electron chi connectivity index (χ4n) is 4.29. The van der Waals surface area contributed by atoms with Crippen molar-refractivity contribution in [2.75, 3.05) is 7.11 Å². The van der Waals surface area contributed by atoms with E-state index in [4.69, 9.17) is 4.74 Å². The van der Waals surface area contributed by atoms with Gasteiger partial charge in [-0.05, 0) is 54.0 Å². The van der Waals surface area contributed by atoms with Gasteiger partial charge in [0.25, 0.3) is 0 Å². The van der Waals surface area contributed by atoms with Crippen molar-refractivity contribution in [3.05, 3.63) is 90.0 Å². The summed E-state index contributed by atoms with van der Waals surface area (Å²) < 4.78 is 5.18. The lowest BCUT2D eigenvalue weighted by Crippen LogP contribution is -2.25. The van der Waals surface area contributed by atoms with E-state index < -0.39 is 18.1 Å². The summed E-state index contributed by atoms with van der Waals surface area (Å²) in [6.45, 7) is 5.99. The molecule has 0 radical (unpaired) electrons. The molecule has 0 saturated carbocycles. The van der Waals surface area contributed by atoms with Gasteiger partial charge in [-0.15, -0.1) is 6.58 Å². The minimum atomic E-state index is -0.844. The van der Waals surface area contributed by atoms with E-state index in [2.05, 4.69) is 19.6 Å². The van der Waals surface area contributed by atoms with Crippen LogP contribution in [0.2, 0.25) is 0 Å². The van der Waals surface area contributed by atoms with Crippen molar-refractivity contribution in [1.82, 2.24) is 0 Å². The molecule has 3 atom stereocenters. The Bertz CT molecular complexity index is 1080. The van der Waals surface area contributed by atoms with Crippen LogP contribution in [-0.2, 0) is 0 Å². The summed E-state index contributed by atoms with van der Waals surface area (Å²) in [7, 11) is 1.60. The predicted octanol–water partition coefficient (Wildman–Crippen LogP) is 6.41. The summed E-state index contributed by atoms with van der Waals surface area (Å²) >= 11 is 0. The molecule has 4 nitrogen and oxygen atoms in total. The monoisotopic (exact) mass is 446 g/mol. The predicted molar refractivity (Wildman–Crippen MR) is 135 cm³/mol. The average molecular weight is 447 g/mol. The molecule has 0 saturated heterocycles. The van der Waals surface area contributed by atoms with Crippen molar-refractivity contribution in [2.45, 2.75) is 44.8 Å². The second kappa shape index (κ2) is 11.7. The first-order valence-corrected chi connectivity index (χ1v) is 11.5. The van der Waals surface area contributed by atoms with Crippen LogP contribution in [0, 0.1) is 5.92 Å². The number of phenolic OH excluding ortho intramolecular Hbond substituents is 1. The highest BCUT2D eigenvalue weighted by atomic mass is 16.5. The van der Waals surface area contributed by atoms with Gasteiger partial charge in [0.15, 0.2) is 0 Å². The first kappa shape index (κ1) is 24.6. The Morgan fingerprint density at radius 1 is 0.970 bits per heavy atom. The highest BCUT2D eigenvalue weighted by Gasteiger charge is 2.25. The molecule has 0 aromatic heterocycles. The largest absolute Gasteiger partial charge is 0.507 e. The maximum Gasteiger partial charge on any atom is 0.123 e. The Labute approximate surface area is 196 Å². The number of hydrogen-bond acceptors (Lipinski definition) is 4. The first-order valence-electron chi connectivity index (χ1n) is 11.5. The number of rotatable bonds is 11. The van der Waals surface area contributed by atoms with E-state index in [1.54, 1.807) is 31.4 Å². The molecule has 0 bridgehead atoms. The highest BCUT2D eigenvalue weighted by molar-refractivity contribution is 5.94. The number of aliphatic hydroxyl groups is 2. The molecule has 0 unspecified atom stereocenters. The van der Waals surface area contributed by atoms with Gasteiger partial charge in [-0.25, -0.2) is 0 Å². The number of phenols is 1. The minimum Gasteiger partial charge on any atom is -0.507 e. The Kier molecular flexibility index (Phi) is 8.70. The molecule has 4 heteroatoms. The van der Waals surface area contributed by atoms with Crippen LogP contribution in [0.3, 0.4) is 0 Å². The Hall–Kier alpha value is -3.08. The molecule has 3 aromatic carbocycles. The average Bonchev–Trinajstić information content (AvgIpc) is 2.85. The molecule has 174 valence electrons. The Balaban J connectivity index is 1.76. The molecule has 0 amide bonds. The van der Waals surface area contributed by atoms with Gasteiger partial charge in [0, 0.05) is 11.3 Å². The standard InChI is InChI=1S/C29H34O4/c1-4-8-20(19-22-14-18-28(31)26-10-7-6-9-25(22)26)11-17-27(30)24(5-2)29(32)21-12-15-23(33-3)16-13-21/h5-7,9-10,12-16,18-19,24,27,29-32H,2,4,8,11,17H2,1,3H3/b20-19+/t24-,27-,29-/m1/s1. The van der Waals surface area contributed by atoms with E-state index in [9.17, 15) is 15.3 Å². The molecule has 0 aliphatic rings. The number of methoxy groups -OCH3 is 1. The number of hydrogen-bond donors (Lipinski definition) is 3. The van der Waals surface area contributed by atoms with Crippen molar-refractivity contribution in [1.29, 1.82) is 0 Å². The van der Waals surface area contributed by atoms with Crippen LogP contribution < -0.4 is 4.74 Å². The molecule has 3 N–H and O–H groups in total. The van der Waals surface area contributed by atoms with Crippen molar-refractivity contribution in [2.24, 2.45) is 5.92 Å². The maximum absolute atomic E-state index is 10.9. The number of allylic oxidation sites excluding steroid dienone is 1. The molecule has 3 rings (SSSR count). The van der Waals surface area contributed by atoms with Gasteiger partial charge in [0.05, 0.1) is 19.3 Å². The van der Waals surface area contributed by atoms with E-state index in [1.807, 2.05) is 42.5 Å². The Morgan fingerprint density at radius 2 is 1.67 bits per heavy atom. The fraction of sp³-hybridized carbons (Fsp3) is 0.310. The molecular weight excluding hydrogens is 412 g/mol. The summed E-state index contributed by atoms with van der Waals surface area (Å²) in [5, 5.41) is 33.8. The summed E-state index contributed by atoms with van der Waals surface area (Å²) in [5.41, 5.74) is 3.01. The summed E-state index contributed by atoms with van der Waals surface area (Å²) in [4.78, 5) is 0. The second-order valence-corrected chi connectivity index (χ2v) is 8.41. The van der Waals surface area contributed by atoms with Gasteiger partial charge >= 0.3 is 0 Å². The summed E-state index contributed by atoms with van der Waals surface area (Å²) in [6, 6.07) is 18.7. The fourth-order valence-corrected chi connectivity index (χ4v) is 4.29. The van der Waals surface area contributed by atoms with Crippen LogP contribution in [0.5, 0.6) is 11.5 Å². The summed E-state index contributed by atoms with van der Waals surface area (Å²) in [5.74, 6) is 0.519. The van der Waals surface area contributed by atoms with E-state index in [1.165, 1.54) is 5.57 Å². The van der Waals surface area contributed by atoms with Gasteiger partial charge in [0.2, 0.25) is 0 Å². The van der Waals surface area contributed by atoms with Gasteiger partial charge in [-0.1, -0.05) is 73.5 Å². The normalized spacial score (nSPS) is 14.6. The van der Waals surface area contributed by atoms with Gasteiger partial charge in [-0.3, -0.25) is 0 Å². The van der Waals surface area contributed by atoms with Crippen molar-refractivity contribution in [3.8, 4) is 11.5 Å². The summed E-state index contributed by atoms with van der Waals surface area (Å²) in [6.07, 6.45) is 5.38. The van der Waals surface area contributed by atoms with Crippen LogP contribution in [0.4, 0.5) is 0 Å². The van der Waals surface area contributed by atoms with E-state index in [0.29, 0.717) is 12.8 Å². The van der Waals surface area contributed by atoms with Crippen LogP contribution in [-0.4, -0.2) is 28.5 Å². The van der Waals surface area contributed by atoms with Crippen molar-refractivity contribution in [3.63, 3.8) is 0 Å². The lowest BCUT2D eigenvalue weighted by molar-refractivity contribution is 0.0318. The molecule has 3 aromatic rings. The van der Waals surface area contributed by atoms with Crippen molar-refractivity contribution >= 4 is 16.8 Å². The molecular formula is C29H34O4. The van der Waals surface area contributed by atoms with E-state index in [-0.39, 0.29) is 5.75 Å². The van der Waals surface area contributed by atoms with Gasteiger partial charge < -0.3 is 20.1 Å². The number of aromatic hydroxyl groups is 1. The maximum atomic E-state index is 10.9. The van der Waals surface area contributed by atoms with Gasteiger partial charge in [0.1, 0.15) is 11.5 Å². The lowest BCUT2D eigenvalue weighted by atomic mass is 9.87. The molecule has 0 fully saturated rings. The van der Waals surface area contributed by atoms with Crippen LogP contribution in [0.1, 0.15) is 49.8 Å². The Morgan fingerprint density at radius 3 is 2.30 bits per heavy atom. The van der Waals surface area contributed by atoms with E-state index in [0.717, 1.165) is 40.5 Å². The van der Waals surface area contributed by atoms with Crippen LogP contribution >= 0.6 is 0 Å². The molecule has 0 aliphatic carbocycles. The second-order valence-electron chi connectivity index (χ2n) is 8.41. The smallest absolute Gasteiger partial charge is 0.123 e. The SMILES string of the molecule is C=C[C@H]([C@H](O)CC/C(=C/c1ccc(O)c2ccccc12)CCC)[C@H](O)c1ccc(OC)cc1. The zero-order chi connectivity index (χ0) is 23.8. The third-order valence-electron chi connectivity index (χ3n) is 6.17. The number of ether oxygens (including phenoxy) is 1. The minimum absolute atomic E-state index is 0.275. The number of fused-ring (bicyclic) bond motifs is 1. The third kappa shape index (κ3) is 6.04. The molecule has 0 aliphatic heterocycles. The molecule has 0 heterocycles. The van der Waals surface area contributed by atoms with Crippen molar-refractivity contribution < 1.29 is 20.1 Å². The molecule has 33 heavy (non-hydrogen) atoms. The van der Waals surface area contributed by atoms with Gasteiger partial charge in [-0.2, -0.15) is 0 Å². The third-order valence-corrected chi connectivity index (χ3v) is 6.17. The highest BCUT2D eigenvalue weighted by Crippen LogP contribution is 2.32. The quantitative estimate of drug-likeness (QED) is 0.298. The molecule has 0 spiro atoms. The van der Waals surface area contributed by atoms with E-state index >= 15 is 0 Å². The number of benzene rings is 3. The topological polar surface area (TPSA) is 69.9 Å². The lowest BCUT2D eigenvalue weighted by Gasteiger charge is -2.25. The van der Waals surface area contributed by atoms with Crippen LogP contribution in [0.15, 0.2) is 78.9 Å².